The van der Waals surface area contributed by atoms with Crippen LogP contribution in [0, 0.1) is 12.3 Å². The first-order valence-electron chi connectivity index (χ1n) is 6.90. The predicted molar refractivity (Wildman–Crippen MR) is 84.4 cm³/mol. The molecule has 0 fully saturated rings. The van der Waals surface area contributed by atoms with Gasteiger partial charge in [0.25, 0.3) is 0 Å². The molecule has 0 atom stereocenters. The largest absolute Gasteiger partial charge is 0.302 e. The fraction of sp³-hybridized carbons (Fsp3) is 0.625. The van der Waals surface area contributed by atoms with E-state index in [4.69, 9.17) is 0 Å². The van der Waals surface area contributed by atoms with Crippen LogP contribution >= 0.6 is 12.6 Å². The molecule has 1 nitrogen and oxygen atoms in total. The number of aryl methyl sites for hydroxylation is 1. The number of hydrogen-bond donors (Lipinski definition) is 1. The summed E-state index contributed by atoms with van der Waals surface area (Å²) in [6.07, 6.45) is 2.40. The molecule has 0 aromatic heterocycles. The van der Waals surface area contributed by atoms with Crippen molar-refractivity contribution in [3.05, 3.63) is 35.4 Å². The Balaban J connectivity index is 2.63. The van der Waals surface area contributed by atoms with E-state index >= 15 is 0 Å². The van der Waals surface area contributed by atoms with Crippen molar-refractivity contribution < 1.29 is 0 Å². The molecular formula is C16H27NS. The molecule has 0 saturated heterocycles. The monoisotopic (exact) mass is 265 g/mol. The van der Waals surface area contributed by atoms with Crippen LogP contribution < -0.4 is 0 Å². The molecule has 0 N–H and O–H groups in total. The van der Waals surface area contributed by atoms with Gasteiger partial charge < -0.3 is 4.90 Å². The summed E-state index contributed by atoms with van der Waals surface area (Å²) in [6, 6.07) is 8.78. The minimum Gasteiger partial charge on any atom is -0.302 e. The van der Waals surface area contributed by atoms with Crippen molar-refractivity contribution in [1.82, 2.24) is 4.90 Å². The molecule has 0 heterocycles. The fourth-order valence-electron chi connectivity index (χ4n) is 2.50. The van der Waals surface area contributed by atoms with Gasteiger partial charge in [0.05, 0.1) is 0 Å². The van der Waals surface area contributed by atoms with Crippen LogP contribution in [-0.2, 0) is 6.54 Å². The third-order valence-corrected chi connectivity index (χ3v) is 4.65. The van der Waals surface area contributed by atoms with Gasteiger partial charge in [-0.1, -0.05) is 43.7 Å². The van der Waals surface area contributed by atoms with Gasteiger partial charge in [0, 0.05) is 13.1 Å². The van der Waals surface area contributed by atoms with Crippen LogP contribution in [0.25, 0.3) is 0 Å². The summed E-state index contributed by atoms with van der Waals surface area (Å²) in [5.74, 6) is 0.970. The first kappa shape index (κ1) is 15.6. The van der Waals surface area contributed by atoms with Gasteiger partial charge in [0.2, 0.25) is 0 Å². The highest BCUT2D eigenvalue weighted by Crippen LogP contribution is 2.29. The van der Waals surface area contributed by atoms with Crippen LogP contribution in [-0.4, -0.2) is 24.2 Å². The second kappa shape index (κ2) is 7.20. The van der Waals surface area contributed by atoms with Crippen molar-refractivity contribution in [2.24, 2.45) is 5.41 Å². The summed E-state index contributed by atoms with van der Waals surface area (Å²) in [7, 11) is 2.21. The van der Waals surface area contributed by atoms with Gasteiger partial charge in [0.15, 0.2) is 0 Å². The second-order valence-electron chi connectivity index (χ2n) is 5.53. The molecule has 0 radical (unpaired) electrons. The van der Waals surface area contributed by atoms with E-state index in [9.17, 15) is 0 Å². The first-order chi connectivity index (χ1) is 8.55. The van der Waals surface area contributed by atoms with Crippen LogP contribution in [0.3, 0.4) is 0 Å². The quantitative estimate of drug-likeness (QED) is 0.724. The normalized spacial score (nSPS) is 12.1. The van der Waals surface area contributed by atoms with Gasteiger partial charge in [-0.2, -0.15) is 12.6 Å². The summed E-state index contributed by atoms with van der Waals surface area (Å²) in [5, 5.41) is 0. The third kappa shape index (κ3) is 4.33. The molecule has 0 aliphatic carbocycles. The van der Waals surface area contributed by atoms with E-state index in [2.05, 4.69) is 69.6 Å². The van der Waals surface area contributed by atoms with E-state index in [-0.39, 0.29) is 0 Å². The molecule has 1 rings (SSSR count). The molecule has 0 aliphatic rings. The van der Waals surface area contributed by atoms with Crippen molar-refractivity contribution in [1.29, 1.82) is 0 Å². The highest BCUT2D eigenvalue weighted by atomic mass is 32.1. The van der Waals surface area contributed by atoms with E-state index in [0.29, 0.717) is 5.41 Å². The molecular weight excluding hydrogens is 238 g/mol. The van der Waals surface area contributed by atoms with E-state index in [1.807, 2.05) is 0 Å². The van der Waals surface area contributed by atoms with Gasteiger partial charge in [-0.15, -0.1) is 0 Å². The van der Waals surface area contributed by atoms with E-state index < -0.39 is 0 Å². The van der Waals surface area contributed by atoms with E-state index in [1.165, 1.54) is 24.0 Å². The average Bonchev–Trinajstić information content (AvgIpc) is 2.36. The SMILES string of the molecule is CCC(CC)(CS)CN(C)Cc1cccc(C)c1. The number of hydrogen-bond acceptors (Lipinski definition) is 2. The molecule has 0 bridgehead atoms. The maximum absolute atomic E-state index is 4.55. The van der Waals surface area contributed by atoms with Crippen LogP contribution in [0.1, 0.15) is 37.8 Å². The smallest absolute Gasteiger partial charge is 0.0231 e. The Morgan fingerprint density at radius 2 is 1.89 bits per heavy atom. The minimum absolute atomic E-state index is 0.363. The van der Waals surface area contributed by atoms with Crippen LogP contribution in [0.4, 0.5) is 0 Å². The Kier molecular flexibility index (Phi) is 6.24. The maximum atomic E-state index is 4.55. The zero-order valence-corrected chi connectivity index (χ0v) is 13.1. The van der Waals surface area contributed by atoms with Gasteiger partial charge >= 0.3 is 0 Å². The zero-order valence-electron chi connectivity index (χ0n) is 12.2. The molecule has 0 unspecified atom stereocenters. The Hall–Kier alpha value is -0.470. The predicted octanol–water partition coefficient (Wildman–Crippen LogP) is 4.16. The Bertz CT molecular complexity index is 350. The highest BCUT2D eigenvalue weighted by Gasteiger charge is 2.25. The summed E-state index contributed by atoms with van der Waals surface area (Å²) in [6.45, 7) is 8.86. The standard InChI is InChI=1S/C16H27NS/c1-5-16(6-2,13-18)12-17(4)11-15-9-7-8-14(3)10-15/h7-10,18H,5-6,11-13H2,1-4H3. The molecule has 1 aromatic rings. The summed E-state index contributed by atoms with van der Waals surface area (Å²) in [5.41, 5.74) is 3.10. The van der Waals surface area contributed by atoms with Crippen molar-refractivity contribution in [2.75, 3.05) is 19.3 Å². The van der Waals surface area contributed by atoms with Crippen LogP contribution in [0.5, 0.6) is 0 Å². The lowest BCUT2D eigenvalue weighted by Gasteiger charge is -2.34. The topological polar surface area (TPSA) is 3.24 Å². The number of rotatable bonds is 7. The van der Waals surface area contributed by atoms with Crippen LogP contribution in [0.15, 0.2) is 24.3 Å². The van der Waals surface area contributed by atoms with Crippen molar-refractivity contribution in [3.63, 3.8) is 0 Å². The maximum Gasteiger partial charge on any atom is 0.0231 e. The Morgan fingerprint density at radius 1 is 1.22 bits per heavy atom. The molecule has 0 aliphatic heterocycles. The molecule has 1 aromatic carbocycles. The van der Waals surface area contributed by atoms with Gasteiger partial charge in [-0.05, 0) is 43.5 Å². The number of benzene rings is 1. The van der Waals surface area contributed by atoms with Gasteiger partial charge in [-0.3, -0.25) is 0 Å². The molecule has 102 valence electrons. The van der Waals surface area contributed by atoms with Gasteiger partial charge in [-0.25, -0.2) is 0 Å². The summed E-state index contributed by atoms with van der Waals surface area (Å²) >= 11 is 4.55. The number of thiol groups is 1. The lowest BCUT2D eigenvalue weighted by Crippen LogP contribution is -2.36. The van der Waals surface area contributed by atoms with E-state index in [1.54, 1.807) is 0 Å². The Labute approximate surface area is 118 Å². The van der Waals surface area contributed by atoms with E-state index in [0.717, 1.165) is 18.8 Å². The Morgan fingerprint density at radius 3 is 2.39 bits per heavy atom. The second-order valence-corrected chi connectivity index (χ2v) is 5.84. The first-order valence-corrected chi connectivity index (χ1v) is 7.53. The van der Waals surface area contributed by atoms with Crippen molar-refractivity contribution >= 4 is 12.6 Å². The molecule has 18 heavy (non-hydrogen) atoms. The molecule has 0 amide bonds. The van der Waals surface area contributed by atoms with Gasteiger partial charge in [0.1, 0.15) is 0 Å². The lowest BCUT2D eigenvalue weighted by molar-refractivity contribution is 0.179. The zero-order chi connectivity index (χ0) is 13.6. The fourth-order valence-corrected chi connectivity index (χ4v) is 3.05. The molecule has 0 saturated carbocycles. The highest BCUT2D eigenvalue weighted by molar-refractivity contribution is 7.80. The molecule has 0 spiro atoms. The van der Waals surface area contributed by atoms with Crippen molar-refractivity contribution in [2.45, 2.75) is 40.2 Å². The van der Waals surface area contributed by atoms with Crippen molar-refractivity contribution in [3.8, 4) is 0 Å². The lowest BCUT2D eigenvalue weighted by atomic mass is 9.84. The third-order valence-electron chi connectivity index (χ3n) is 3.98. The number of nitrogens with zero attached hydrogens (tertiary/aromatic N) is 1. The average molecular weight is 265 g/mol. The summed E-state index contributed by atoms with van der Waals surface area (Å²) < 4.78 is 0. The minimum atomic E-state index is 0.363. The van der Waals surface area contributed by atoms with Crippen LogP contribution in [0.2, 0.25) is 0 Å². The summed E-state index contributed by atoms with van der Waals surface area (Å²) in [4.78, 5) is 2.43. The molecule has 2 heteroatoms.